The number of aryl methyl sites for hydroxylation is 1. The van der Waals surface area contributed by atoms with E-state index in [2.05, 4.69) is 5.32 Å². The van der Waals surface area contributed by atoms with Crippen LogP contribution in [0.3, 0.4) is 0 Å². The van der Waals surface area contributed by atoms with E-state index in [1.165, 1.54) is 6.07 Å². The molecule has 1 rings (SSSR count). The highest BCUT2D eigenvalue weighted by Gasteiger charge is 2.18. The molecule has 0 aliphatic heterocycles. The van der Waals surface area contributed by atoms with Gasteiger partial charge in [-0.15, -0.1) is 0 Å². The molecule has 1 aromatic rings. The predicted molar refractivity (Wildman–Crippen MR) is 79.2 cm³/mol. The fourth-order valence-electron chi connectivity index (χ4n) is 2.06. The molecule has 0 saturated carbocycles. The van der Waals surface area contributed by atoms with Gasteiger partial charge in [0.15, 0.2) is 0 Å². The number of nitrogens with zero attached hydrogens (tertiary/aromatic N) is 1. The molecule has 5 heteroatoms. The molecule has 0 aromatic heterocycles. The summed E-state index contributed by atoms with van der Waals surface area (Å²) in [6, 6.07) is 4.49. The number of carbonyl (C=O) groups excluding carboxylic acids is 1. The Labute approximate surface area is 119 Å². The first-order valence-corrected chi connectivity index (χ1v) is 6.79. The lowest BCUT2D eigenvalue weighted by atomic mass is 10.1. The first-order valence-electron chi connectivity index (χ1n) is 6.79. The summed E-state index contributed by atoms with van der Waals surface area (Å²) in [6.45, 7) is 8.88. The van der Waals surface area contributed by atoms with Crippen LogP contribution in [0.2, 0.25) is 0 Å². The maximum Gasteiger partial charge on any atom is 0.335 e. The second-order valence-corrected chi connectivity index (χ2v) is 4.71. The van der Waals surface area contributed by atoms with Crippen molar-refractivity contribution >= 4 is 17.6 Å². The van der Waals surface area contributed by atoms with Crippen molar-refractivity contribution in [2.24, 2.45) is 0 Å². The number of carbonyl (C=O) groups is 2. The second-order valence-electron chi connectivity index (χ2n) is 4.71. The van der Waals surface area contributed by atoms with Crippen LogP contribution >= 0.6 is 0 Å². The van der Waals surface area contributed by atoms with E-state index in [0.29, 0.717) is 13.1 Å². The predicted octanol–water partition coefficient (Wildman–Crippen LogP) is 2.36. The molecule has 2 N–H and O–H groups in total. The van der Waals surface area contributed by atoms with Crippen LogP contribution in [0.25, 0.3) is 0 Å². The minimum absolute atomic E-state index is 0.0386. The van der Waals surface area contributed by atoms with Crippen LogP contribution in [0.4, 0.5) is 5.69 Å². The van der Waals surface area contributed by atoms with Crippen LogP contribution in [-0.2, 0) is 4.79 Å². The number of likely N-dealkylation sites (N-methyl/N-ethyl adjacent to an activating group) is 1. The zero-order chi connectivity index (χ0) is 15.3. The normalized spacial score (nSPS) is 11.8. The Bertz CT molecular complexity index is 496. The quantitative estimate of drug-likeness (QED) is 0.838. The van der Waals surface area contributed by atoms with Crippen LogP contribution in [0, 0.1) is 6.92 Å². The van der Waals surface area contributed by atoms with E-state index in [1.54, 1.807) is 17.0 Å². The van der Waals surface area contributed by atoms with E-state index in [-0.39, 0.29) is 17.5 Å². The summed E-state index contributed by atoms with van der Waals surface area (Å²) in [7, 11) is 0. The van der Waals surface area contributed by atoms with E-state index in [4.69, 9.17) is 5.11 Å². The molecule has 0 spiro atoms. The van der Waals surface area contributed by atoms with Crippen molar-refractivity contribution in [3.05, 3.63) is 29.3 Å². The molecule has 0 bridgehead atoms. The summed E-state index contributed by atoms with van der Waals surface area (Å²) in [5.74, 6) is -0.913. The van der Waals surface area contributed by atoms with Gasteiger partial charge in [0, 0.05) is 18.8 Å². The molecule has 1 aromatic carbocycles. The number of hydrogen-bond acceptors (Lipinski definition) is 3. The van der Waals surface area contributed by atoms with E-state index in [9.17, 15) is 9.59 Å². The molecule has 0 aliphatic rings. The molecule has 0 radical (unpaired) electrons. The standard InChI is InChI=1S/C15H22N2O3/c1-5-17(6-2)14(18)11(4)16-13-8-7-12(15(19)20)9-10(13)3/h7-9,11,16H,5-6H2,1-4H3,(H,19,20). The highest BCUT2D eigenvalue weighted by atomic mass is 16.4. The molecular formula is C15H22N2O3. The number of aromatic carboxylic acids is 1. The SMILES string of the molecule is CCN(CC)C(=O)C(C)Nc1ccc(C(=O)O)cc1C. The first-order chi connectivity index (χ1) is 9.40. The monoisotopic (exact) mass is 278 g/mol. The van der Waals surface area contributed by atoms with Crippen molar-refractivity contribution < 1.29 is 14.7 Å². The Morgan fingerprint density at radius 2 is 1.90 bits per heavy atom. The van der Waals surface area contributed by atoms with Crippen molar-refractivity contribution in [3.8, 4) is 0 Å². The van der Waals surface area contributed by atoms with Crippen molar-refractivity contribution in [3.63, 3.8) is 0 Å². The molecule has 1 atom stereocenters. The maximum absolute atomic E-state index is 12.2. The Hall–Kier alpha value is -2.04. The Morgan fingerprint density at radius 1 is 1.30 bits per heavy atom. The number of benzene rings is 1. The van der Waals surface area contributed by atoms with Crippen molar-refractivity contribution in [1.29, 1.82) is 0 Å². The number of hydrogen-bond donors (Lipinski definition) is 2. The highest BCUT2D eigenvalue weighted by Crippen LogP contribution is 2.18. The minimum atomic E-state index is -0.952. The van der Waals surface area contributed by atoms with Gasteiger partial charge in [-0.1, -0.05) is 0 Å². The number of rotatable bonds is 6. The third-order valence-corrected chi connectivity index (χ3v) is 3.29. The number of nitrogens with one attached hydrogen (secondary N) is 1. The van der Waals surface area contributed by atoms with Crippen molar-refractivity contribution in [1.82, 2.24) is 4.90 Å². The summed E-state index contributed by atoms with van der Waals surface area (Å²) in [6.07, 6.45) is 0. The minimum Gasteiger partial charge on any atom is -0.478 e. The van der Waals surface area contributed by atoms with E-state index >= 15 is 0 Å². The van der Waals surface area contributed by atoms with Gasteiger partial charge in [0.2, 0.25) is 5.91 Å². The summed E-state index contributed by atoms with van der Waals surface area (Å²) >= 11 is 0. The molecule has 1 unspecified atom stereocenters. The lowest BCUT2D eigenvalue weighted by Gasteiger charge is -2.24. The van der Waals surface area contributed by atoms with E-state index < -0.39 is 5.97 Å². The summed E-state index contributed by atoms with van der Waals surface area (Å²) < 4.78 is 0. The Balaban J connectivity index is 2.83. The summed E-state index contributed by atoms with van der Waals surface area (Å²) in [5, 5.41) is 12.1. The van der Waals surface area contributed by atoms with Crippen molar-refractivity contribution in [2.75, 3.05) is 18.4 Å². The highest BCUT2D eigenvalue weighted by molar-refractivity contribution is 5.89. The first kappa shape index (κ1) is 16.0. The Morgan fingerprint density at radius 3 is 2.35 bits per heavy atom. The molecule has 0 heterocycles. The van der Waals surface area contributed by atoms with Crippen molar-refractivity contribution in [2.45, 2.75) is 33.7 Å². The largest absolute Gasteiger partial charge is 0.478 e. The average Bonchev–Trinajstić information content (AvgIpc) is 2.41. The van der Waals surface area contributed by atoms with Gasteiger partial charge < -0.3 is 15.3 Å². The van der Waals surface area contributed by atoms with E-state index in [0.717, 1.165) is 11.3 Å². The number of carboxylic acid groups (broad SMARTS) is 1. The molecule has 20 heavy (non-hydrogen) atoms. The second kappa shape index (κ2) is 6.93. The summed E-state index contributed by atoms with van der Waals surface area (Å²) in [5.41, 5.74) is 1.84. The van der Waals surface area contributed by atoms with Crippen LogP contribution < -0.4 is 5.32 Å². The van der Waals surface area contributed by atoms with Crippen LogP contribution in [0.15, 0.2) is 18.2 Å². The van der Waals surface area contributed by atoms with E-state index in [1.807, 2.05) is 27.7 Å². The molecule has 0 aliphatic carbocycles. The Kier molecular flexibility index (Phi) is 5.55. The van der Waals surface area contributed by atoms with Gasteiger partial charge in [-0.05, 0) is 51.5 Å². The van der Waals surface area contributed by atoms with Gasteiger partial charge >= 0.3 is 5.97 Å². The third-order valence-electron chi connectivity index (χ3n) is 3.29. The molecule has 5 nitrogen and oxygen atoms in total. The lowest BCUT2D eigenvalue weighted by Crippen LogP contribution is -2.41. The van der Waals surface area contributed by atoms with Gasteiger partial charge in [0.1, 0.15) is 6.04 Å². The molecular weight excluding hydrogens is 256 g/mol. The molecule has 0 fully saturated rings. The zero-order valence-corrected chi connectivity index (χ0v) is 12.4. The molecule has 1 amide bonds. The van der Waals surface area contributed by atoms with Crippen LogP contribution in [-0.4, -0.2) is 41.0 Å². The smallest absolute Gasteiger partial charge is 0.335 e. The van der Waals surface area contributed by atoms with Crippen LogP contribution in [0.5, 0.6) is 0 Å². The van der Waals surface area contributed by atoms with Gasteiger partial charge in [0.25, 0.3) is 0 Å². The van der Waals surface area contributed by atoms with Crippen LogP contribution in [0.1, 0.15) is 36.7 Å². The summed E-state index contributed by atoms with van der Waals surface area (Å²) in [4.78, 5) is 24.8. The van der Waals surface area contributed by atoms with Gasteiger partial charge in [-0.3, -0.25) is 4.79 Å². The van der Waals surface area contributed by atoms with Gasteiger partial charge in [-0.2, -0.15) is 0 Å². The lowest BCUT2D eigenvalue weighted by molar-refractivity contribution is -0.131. The van der Waals surface area contributed by atoms with Gasteiger partial charge in [-0.25, -0.2) is 4.79 Å². The van der Waals surface area contributed by atoms with Gasteiger partial charge in [0.05, 0.1) is 5.56 Å². The average molecular weight is 278 g/mol. The fourth-order valence-corrected chi connectivity index (χ4v) is 2.06. The number of carboxylic acids is 1. The maximum atomic E-state index is 12.2. The topological polar surface area (TPSA) is 69.6 Å². The number of amides is 1. The number of anilines is 1. The molecule has 110 valence electrons. The fraction of sp³-hybridized carbons (Fsp3) is 0.467. The third kappa shape index (κ3) is 3.73. The molecule has 0 saturated heterocycles. The zero-order valence-electron chi connectivity index (χ0n) is 12.4.